The number of hydrogen-bond acceptors (Lipinski definition) is 1. The number of H-pyrrole nitrogens is 1. The predicted molar refractivity (Wildman–Crippen MR) is 79.0 cm³/mol. The van der Waals surface area contributed by atoms with Crippen molar-refractivity contribution < 1.29 is 0 Å². The topological polar surface area (TPSA) is 41.8 Å². The Kier molecular flexibility index (Phi) is 3.49. The first-order valence-corrected chi connectivity index (χ1v) is 6.74. The van der Waals surface area contributed by atoms with Crippen LogP contribution in [0.3, 0.4) is 0 Å². The van der Waals surface area contributed by atoms with E-state index in [4.69, 9.17) is 5.73 Å². The van der Waals surface area contributed by atoms with Gasteiger partial charge in [-0.1, -0.05) is 26.8 Å². The molecule has 0 fully saturated rings. The molecule has 2 aromatic rings. The van der Waals surface area contributed by atoms with E-state index in [1.54, 1.807) is 0 Å². The molecule has 1 aromatic heterocycles. The Morgan fingerprint density at radius 2 is 2.00 bits per heavy atom. The first kappa shape index (κ1) is 13.2. The molecule has 0 aliphatic heterocycles. The molecule has 3 N–H and O–H groups in total. The van der Waals surface area contributed by atoms with Gasteiger partial charge < -0.3 is 10.7 Å². The maximum Gasteiger partial charge on any atom is 0.0456 e. The fourth-order valence-corrected chi connectivity index (χ4v) is 2.23. The van der Waals surface area contributed by atoms with Gasteiger partial charge in [-0.3, -0.25) is 0 Å². The van der Waals surface area contributed by atoms with Gasteiger partial charge in [0.1, 0.15) is 0 Å². The van der Waals surface area contributed by atoms with E-state index in [0.717, 1.165) is 12.8 Å². The largest absolute Gasteiger partial charge is 0.361 e. The van der Waals surface area contributed by atoms with E-state index < -0.39 is 0 Å². The predicted octanol–water partition coefficient (Wildman–Crippen LogP) is 3.75. The van der Waals surface area contributed by atoms with Gasteiger partial charge in [0.25, 0.3) is 0 Å². The minimum atomic E-state index is 0.198. The molecule has 18 heavy (non-hydrogen) atoms. The number of nitrogens with one attached hydrogen (secondary N) is 1. The van der Waals surface area contributed by atoms with Crippen LogP contribution in [0.1, 0.15) is 45.2 Å². The van der Waals surface area contributed by atoms with Gasteiger partial charge in [-0.25, -0.2) is 0 Å². The van der Waals surface area contributed by atoms with Gasteiger partial charge in [-0.15, -0.1) is 0 Å². The van der Waals surface area contributed by atoms with Gasteiger partial charge in [0.2, 0.25) is 0 Å². The van der Waals surface area contributed by atoms with Crippen LogP contribution in [0.4, 0.5) is 0 Å². The standard InChI is InChI=1S/C16H24N2/c1-11(17)5-6-12-10-18-15-8-7-13(9-14(12)15)16(2,3)4/h7-11,18H,5-6,17H2,1-4H3. The molecule has 0 bridgehead atoms. The fraction of sp³-hybridized carbons (Fsp3) is 0.500. The molecule has 1 heterocycles. The molecule has 0 aliphatic rings. The molecule has 0 amide bonds. The maximum atomic E-state index is 5.84. The summed E-state index contributed by atoms with van der Waals surface area (Å²) in [5.41, 5.74) is 10.0. The van der Waals surface area contributed by atoms with Crippen molar-refractivity contribution in [1.29, 1.82) is 0 Å². The third-order valence-electron chi connectivity index (χ3n) is 3.50. The minimum absolute atomic E-state index is 0.198. The Hall–Kier alpha value is -1.28. The monoisotopic (exact) mass is 244 g/mol. The van der Waals surface area contributed by atoms with Gasteiger partial charge in [0, 0.05) is 23.1 Å². The van der Waals surface area contributed by atoms with E-state index in [1.807, 2.05) is 0 Å². The van der Waals surface area contributed by atoms with Crippen LogP contribution in [0.5, 0.6) is 0 Å². The number of nitrogens with two attached hydrogens (primary N) is 1. The first-order valence-electron chi connectivity index (χ1n) is 6.74. The molecule has 1 unspecified atom stereocenters. The summed E-state index contributed by atoms with van der Waals surface area (Å²) in [6.45, 7) is 8.82. The molecule has 1 atom stereocenters. The van der Waals surface area contributed by atoms with Crippen molar-refractivity contribution in [3.05, 3.63) is 35.5 Å². The lowest BCUT2D eigenvalue weighted by Gasteiger charge is -2.19. The SMILES string of the molecule is CC(N)CCc1c[nH]c2ccc(C(C)(C)C)cc12. The smallest absolute Gasteiger partial charge is 0.0456 e. The molecule has 0 saturated heterocycles. The molecular weight excluding hydrogens is 220 g/mol. The molecular formula is C16H24N2. The second kappa shape index (κ2) is 4.77. The van der Waals surface area contributed by atoms with Crippen LogP contribution in [0.2, 0.25) is 0 Å². The lowest BCUT2D eigenvalue weighted by molar-refractivity contribution is 0.591. The van der Waals surface area contributed by atoms with E-state index in [2.05, 4.69) is 57.1 Å². The summed E-state index contributed by atoms with van der Waals surface area (Å²) in [6.07, 6.45) is 4.21. The summed E-state index contributed by atoms with van der Waals surface area (Å²) < 4.78 is 0. The van der Waals surface area contributed by atoms with Crippen LogP contribution < -0.4 is 5.73 Å². The lowest BCUT2D eigenvalue weighted by atomic mass is 9.86. The summed E-state index contributed by atoms with van der Waals surface area (Å²) in [5.74, 6) is 0. The number of aromatic nitrogens is 1. The van der Waals surface area contributed by atoms with Crippen molar-refractivity contribution in [2.24, 2.45) is 5.73 Å². The molecule has 0 spiro atoms. The number of rotatable bonds is 3. The van der Waals surface area contributed by atoms with E-state index in [1.165, 1.54) is 22.0 Å². The van der Waals surface area contributed by atoms with E-state index >= 15 is 0 Å². The highest BCUT2D eigenvalue weighted by Crippen LogP contribution is 2.28. The van der Waals surface area contributed by atoms with Crippen LogP contribution in [-0.2, 0) is 11.8 Å². The lowest BCUT2D eigenvalue weighted by Crippen LogP contribution is -2.15. The molecule has 0 saturated carbocycles. The zero-order chi connectivity index (χ0) is 13.3. The second-order valence-electron chi connectivity index (χ2n) is 6.34. The average molecular weight is 244 g/mol. The molecule has 0 aliphatic carbocycles. The number of aryl methyl sites for hydroxylation is 1. The van der Waals surface area contributed by atoms with Crippen LogP contribution in [0, 0.1) is 0 Å². The second-order valence-corrected chi connectivity index (χ2v) is 6.34. The molecule has 2 nitrogen and oxygen atoms in total. The summed E-state index contributed by atoms with van der Waals surface area (Å²) in [6, 6.07) is 6.99. The third-order valence-corrected chi connectivity index (χ3v) is 3.50. The average Bonchev–Trinajstić information content (AvgIpc) is 2.67. The van der Waals surface area contributed by atoms with E-state index in [0.29, 0.717) is 0 Å². The van der Waals surface area contributed by atoms with Crippen molar-refractivity contribution in [2.45, 2.75) is 52.0 Å². The molecule has 2 rings (SSSR count). The third kappa shape index (κ3) is 2.75. The zero-order valence-corrected chi connectivity index (χ0v) is 11.9. The van der Waals surface area contributed by atoms with Crippen molar-refractivity contribution in [1.82, 2.24) is 4.98 Å². The van der Waals surface area contributed by atoms with Crippen LogP contribution in [-0.4, -0.2) is 11.0 Å². The van der Waals surface area contributed by atoms with Gasteiger partial charge in [-0.2, -0.15) is 0 Å². The van der Waals surface area contributed by atoms with Gasteiger partial charge in [0.05, 0.1) is 0 Å². The zero-order valence-electron chi connectivity index (χ0n) is 11.9. The Morgan fingerprint density at radius 1 is 1.28 bits per heavy atom. The van der Waals surface area contributed by atoms with E-state index in [-0.39, 0.29) is 11.5 Å². The summed E-state index contributed by atoms with van der Waals surface area (Å²) in [4.78, 5) is 3.35. The highest BCUT2D eigenvalue weighted by atomic mass is 14.7. The number of aromatic amines is 1. The van der Waals surface area contributed by atoms with Crippen molar-refractivity contribution >= 4 is 10.9 Å². The number of benzene rings is 1. The molecule has 0 radical (unpaired) electrons. The Balaban J connectivity index is 2.37. The van der Waals surface area contributed by atoms with Gasteiger partial charge >= 0.3 is 0 Å². The van der Waals surface area contributed by atoms with Gasteiger partial charge in [-0.05, 0) is 48.4 Å². The van der Waals surface area contributed by atoms with E-state index in [9.17, 15) is 0 Å². The van der Waals surface area contributed by atoms with Crippen LogP contribution in [0.25, 0.3) is 10.9 Å². The first-order chi connectivity index (χ1) is 8.38. The van der Waals surface area contributed by atoms with Gasteiger partial charge in [0.15, 0.2) is 0 Å². The summed E-state index contributed by atoms with van der Waals surface area (Å²) in [7, 11) is 0. The molecule has 1 aromatic carbocycles. The number of hydrogen-bond donors (Lipinski definition) is 2. The summed E-state index contributed by atoms with van der Waals surface area (Å²) in [5, 5.41) is 1.35. The van der Waals surface area contributed by atoms with Crippen molar-refractivity contribution in [3.8, 4) is 0 Å². The Labute approximate surface area is 110 Å². The molecule has 2 heteroatoms. The normalized spacial score (nSPS) is 14.1. The Morgan fingerprint density at radius 3 is 2.61 bits per heavy atom. The highest BCUT2D eigenvalue weighted by molar-refractivity contribution is 5.84. The van der Waals surface area contributed by atoms with Crippen LogP contribution in [0.15, 0.2) is 24.4 Å². The maximum absolute atomic E-state index is 5.84. The highest BCUT2D eigenvalue weighted by Gasteiger charge is 2.15. The quantitative estimate of drug-likeness (QED) is 0.848. The summed E-state index contributed by atoms with van der Waals surface area (Å²) >= 11 is 0. The Bertz CT molecular complexity index is 530. The fourth-order valence-electron chi connectivity index (χ4n) is 2.23. The molecule has 98 valence electrons. The van der Waals surface area contributed by atoms with Crippen LogP contribution >= 0.6 is 0 Å². The number of fused-ring (bicyclic) bond motifs is 1. The van der Waals surface area contributed by atoms with Crippen molar-refractivity contribution in [2.75, 3.05) is 0 Å². The minimum Gasteiger partial charge on any atom is -0.361 e. The van der Waals surface area contributed by atoms with Crippen molar-refractivity contribution in [3.63, 3.8) is 0 Å².